The van der Waals surface area contributed by atoms with Crippen molar-refractivity contribution in [2.45, 2.75) is 12.6 Å². The summed E-state index contributed by atoms with van der Waals surface area (Å²) in [6.45, 7) is 2.58. The van der Waals surface area contributed by atoms with Crippen molar-refractivity contribution in [1.29, 1.82) is 0 Å². The summed E-state index contributed by atoms with van der Waals surface area (Å²) in [5, 5.41) is 5.84. The predicted molar refractivity (Wildman–Crippen MR) is 75.2 cm³/mol. The Morgan fingerprint density at radius 2 is 2.42 bits per heavy atom. The van der Waals surface area contributed by atoms with E-state index in [0.29, 0.717) is 18.7 Å². The van der Waals surface area contributed by atoms with Crippen molar-refractivity contribution in [3.05, 3.63) is 34.1 Å². The van der Waals surface area contributed by atoms with Crippen molar-refractivity contribution >= 4 is 21.8 Å². The molecule has 1 saturated heterocycles. The van der Waals surface area contributed by atoms with Crippen LogP contribution in [0.25, 0.3) is 0 Å². The van der Waals surface area contributed by atoms with E-state index in [2.05, 4.69) is 26.6 Å². The fraction of sp³-hybridized carbons (Fsp3) is 0.462. The van der Waals surface area contributed by atoms with Gasteiger partial charge in [0.05, 0.1) is 0 Å². The lowest BCUT2D eigenvalue weighted by atomic mass is 10.1. The van der Waals surface area contributed by atoms with Gasteiger partial charge in [-0.1, -0.05) is 22.0 Å². The second-order valence-corrected chi connectivity index (χ2v) is 5.46. The quantitative estimate of drug-likeness (QED) is 0.873. The summed E-state index contributed by atoms with van der Waals surface area (Å²) in [6, 6.07) is 4.77. The molecule has 6 heteroatoms. The molecule has 0 aliphatic carbocycles. The number of piperazine rings is 1. The molecule has 2 N–H and O–H groups in total. The molecule has 1 aromatic rings. The summed E-state index contributed by atoms with van der Waals surface area (Å²) < 4.78 is 14.6. The number of rotatable bonds is 3. The molecule has 4 nitrogen and oxygen atoms in total. The lowest BCUT2D eigenvalue weighted by molar-refractivity contribution is -0.126. The molecule has 1 aliphatic heterocycles. The minimum atomic E-state index is -0.248. The lowest BCUT2D eigenvalue weighted by Crippen LogP contribution is -2.56. The normalized spacial score (nSPS) is 20.3. The van der Waals surface area contributed by atoms with Crippen LogP contribution < -0.4 is 10.6 Å². The fourth-order valence-corrected chi connectivity index (χ4v) is 2.56. The van der Waals surface area contributed by atoms with Gasteiger partial charge in [0.25, 0.3) is 0 Å². The van der Waals surface area contributed by atoms with E-state index in [1.54, 1.807) is 13.1 Å². The maximum Gasteiger partial charge on any atom is 0.238 e. The van der Waals surface area contributed by atoms with Gasteiger partial charge >= 0.3 is 0 Å². The Balaban J connectivity index is 2.13. The van der Waals surface area contributed by atoms with Crippen LogP contribution in [0, 0.1) is 5.82 Å². The van der Waals surface area contributed by atoms with Gasteiger partial charge in [-0.05, 0) is 12.1 Å². The summed E-state index contributed by atoms with van der Waals surface area (Å²) in [6.07, 6.45) is 0. The van der Waals surface area contributed by atoms with Crippen LogP contribution in [0.5, 0.6) is 0 Å². The van der Waals surface area contributed by atoms with Crippen LogP contribution in [0.15, 0.2) is 22.7 Å². The summed E-state index contributed by atoms with van der Waals surface area (Å²) in [5.41, 5.74) is 0.610. The van der Waals surface area contributed by atoms with E-state index in [9.17, 15) is 9.18 Å². The lowest BCUT2D eigenvalue weighted by Gasteiger charge is -2.34. The number of likely N-dealkylation sites (N-methyl/N-ethyl adjacent to an activating group) is 1. The average Bonchev–Trinajstić information content (AvgIpc) is 2.41. The van der Waals surface area contributed by atoms with E-state index in [1.807, 2.05) is 11.0 Å². The number of amides is 1. The van der Waals surface area contributed by atoms with Gasteiger partial charge in [-0.3, -0.25) is 9.69 Å². The van der Waals surface area contributed by atoms with Crippen LogP contribution in [0.1, 0.15) is 5.56 Å². The first-order valence-corrected chi connectivity index (χ1v) is 7.01. The first-order valence-electron chi connectivity index (χ1n) is 6.22. The Morgan fingerprint density at radius 3 is 3.11 bits per heavy atom. The Kier molecular flexibility index (Phi) is 4.90. The van der Waals surface area contributed by atoms with Gasteiger partial charge in [0.2, 0.25) is 5.91 Å². The summed E-state index contributed by atoms with van der Waals surface area (Å²) in [5.74, 6) is -0.284. The third kappa shape index (κ3) is 3.52. The smallest absolute Gasteiger partial charge is 0.238 e. The number of nitrogens with one attached hydrogen (secondary N) is 2. The molecule has 1 aliphatic rings. The van der Waals surface area contributed by atoms with Gasteiger partial charge in [-0.25, -0.2) is 4.39 Å². The predicted octanol–water partition coefficient (Wildman–Crippen LogP) is 1.11. The molecule has 0 saturated carbocycles. The molecular formula is C13H17BrFN3O. The zero-order chi connectivity index (χ0) is 13.8. The Hall–Kier alpha value is -0.980. The Labute approximate surface area is 120 Å². The zero-order valence-corrected chi connectivity index (χ0v) is 12.3. The third-order valence-corrected chi connectivity index (χ3v) is 3.79. The maximum absolute atomic E-state index is 13.8. The SMILES string of the molecule is CNC(=O)C1CNCCN1Cc1ccc(Br)cc1F. The molecular weight excluding hydrogens is 313 g/mol. The number of hydrogen-bond donors (Lipinski definition) is 2. The van der Waals surface area contributed by atoms with Crippen molar-refractivity contribution in [2.24, 2.45) is 0 Å². The van der Waals surface area contributed by atoms with Crippen LogP contribution in [0.4, 0.5) is 4.39 Å². The molecule has 1 aromatic carbocycles. The molecule has 2 rings (SSSR count). The number of benzene rings is 1. The Morgan fingerprint density at radius 1 is 1.63 bits per heavy atom. The first-order chi connectivity index (χ1) is 9.11. The standard InChI is InChI=1S/C13H17BrFN3O/c1-16-13(19)12-7-17-4-5-18(12)8-9-2-3-10(14)6-11(9)15/h2-3,6,12,17H,4-5,7-8H2,1H3,(H,16,19). The van der Waals surface area contributed by atoms with Crippen LogP contribution in [0.2, 0.25) is 0 Å². The summed E-state index contributed by atoms with van der Waals surface area (Å²) in [7, 11) is 1.62. The molecule has 0 radical (unpaired) electrons. The number of carbonyl (C=O) groups excluding carboxylic acids is 1. The van der Waals surface area contributed by atoms with Crippen molar-refractivity contribution in [1.82, 2.24) is 15.5 Å². The average molecular weight is 330 g/mol. The van der Waals surface area contributed by atoms with E-state index in [4.69, 9.17) is 0 Å². The van der Waals surface area contributed by atoms with Gasteiger partial charge in [0.15, 0.2) is 0 Å². The molecule has 19 heavy (non-hydrogen) atoms. The van der Waals surface area contributed by atoms with Gasteiger partial charge < -0.3 is 10.6 Å². The summed E-state index contributed by atoms with van der Waals surface area (Å²) >= 11 is 3.24. The largest absolute Gasteiger partial charge is 0.358 e. The van der Waals surface area contributed by atoms with Crippen molar-refractivity contribution in [2.75, 3.05) is 26.7 Å². The molecule has 0 bridgehead atoms. The molecule has 0 spiro atoms. The topological polar surface area (TPSA) is 44.4 Å². The maximum atomic E-state index is 13.8. The molecule has 1 atom stereocenters. The van der Waals surface area contributed by atoms with E-state index in [0.717, 1.165) is 17.6 Å². The van der Waals surface area contributed by atoms with Crippen LogP contribution in [0.3, 0.4) is 0 Å². The monoisotopic (exact) mass is 329 g/mol. The van der Waals surface area contributed by atoms with Crippen LogP contribution >= 0.6 is 15.9 Å². The highest BCUT2D eigenvalue weighted by molar-refractivity contribution is 9.10. The van der Waals surface area contributed by atoms with Gasteiger partial charge in [-0.2, -0.15) is 0 Å². The van der Waals surface area contributed by atoms with E-state index >= 15 is 0 Å². The zero-order valence-electron chi connectivity index (χ0n) is 10.7. The molecule has 1 unspecified atom stereocenters. The summed E-state index contributed by atoms with van der Waals surface area (Å²) in [4.78, 5) is 13.8. The first kappa shape index (κ1) is 14.4. The minimum absolute atomic E-state index is 0.0373. The van der Waals surface area contributed by atoms with E-state index in [1.165, 1.54) is 6.07 Å². The second kappa shape index (κ2) is 6.45. The van der Waals surface area contributed by atoms with Crippen molar-refractivity contribution in [3.8, 4) is 0 Å². The highest BCUT2D eigenvalue weighted by Gasteiger charge is 2.28. The van der Waals surface area contributed by atoms with Gasteiger partial charge in [0.1, 0.15) is 11.9 Å². The minimum Gasteiger partial charge on any atom is -0.358 e. The molecule has 1 fully saturated rings. The van der Waals surface area contributed by atoms with Crippen molar-refractivity contribution in [3.63, 3.8) is 0 Å². The van der Waals surface area contributed by atoms with E-state index < -0.39 is 0 Å². The molecule has 0 aromatic heterocycles. The van der Waals surface area contributed by atoms with Gasteiger partial charge in [0, 0.05) is 43.3 Å². The van der Waals surface area contributed by atoms with E-state index in [-0.39, 0.29) is 17.8 Å². The Bertz CT molecular complexity index is 469. The highest BCUT2D eigenvalue weighted by Crippen LogP contribution is 2.18. The molecule has 1 heterocycles. The van der Waals surface area contributed by atoms with Crippen LogP contribution in [-0.4, -0.2) is 43.5 Å². The number of hydrogen-bond acceptors (Lipinski definition) is 3. The highest BCUT2D eigenvalue weighted by atomic mass is 79.9. The van der Waals surface area contributed by atoms with Crippen molar-refractivity contribution < 1.29 is 9.18 Å². The number of carbonyl (C=O) groups is 1. The van der Waals surface area contributed by atoms with Gasteiger partial charge in [-0.15, -0.1) is 0 Å². The van der Waals surface area contributed by atoms with Crippen LogP contribution in [-0.2, 0) is 11.3 Å². The second-order valence-electron chi connectivity index (χ2n) is 4.54. The fourth-order valence-electron chi connectivity index (χ4n) is 2.23. The number of nitrogens with zero attached hydrogens (tertiary/aromatic N) is 1. The molecule has 104 valence electrons. The molecule has 1 amide bonds. The number of halogens is 2. The third-order valence-electron chi connectivity index (χ3n) is 3.29.